The van der Waals surface area contributed by atoms with Gasteiger partial charge in [0.1, 0.15) is 0 Å². The van der Waals surface area contributed by atoms with Crippen LogP contribution in [0.15, 0.2) is 71.3 Å². The monoisotopic (exact) mass is 334 g/mol. The zero-order valence-corrected chi connectivity index (χ0v) is 13.2. The van der Waals surface area contributed by atoms with Crippen LogP contribution in [0, 0.1) is 0 Å². The molecule has 24 heavy (non-hydrogen) atoms. The van der Waals surface area contributed by atoms with Gasteiger partial charge in [-0.15, -0.1) is 0 Å². The Morgan fingerprint density at radius 3 is 2.50 bits per heavy atom. The van der Waals surface area contributed by atoms with Crippen molar-refractivity contribution in [2.24, 2.45) is 0 Å². The average Bonchev–Trinajstić information content (AvgIpc) is 3.06. The Bertz CT molecular complexity index is 1040. The molecule has 2 heterocycles. The second kappa shape index (κ2) is 5.91. The molecule has 0 unspecified atom stereocenters. The molecule has 0 N–H and O–H groups in total. The molecule has 0 aliphatic heterocycles. The number of halogens is 1. The van der Waals surface area contributed by atoms with Crippen LogP contribution in [-0.4, -0.2) is 15.8 Å². The minimum atomic E-state index is -0.134. The fraction of sp³-hybridized carbons (Fsp3) is 0. The van der Waals surface area contributed by atoms with Gasteiger partial charge in [0.2, 0.25) is 5.89 Å². The second-order valence-electron chi connectivity index (χ2n) is 5.21. The zero-order chi connectivity index (χ0) is 16.5. The molecule has 0 aliphatic rings. The molecule has 0 saturated carbocycles. The molecule has 4 nitrogen and oxygen atoms in total. The van der Waals surface area contributed by atoms with E-state index >= 15 is 0 Å². The van der Waals surface area contributed by atoms with E-state index in [4.69, 9.17) is 16.0 Å². The van der Waals surface area contributed by atoms with Gasteiger partial charge in [-0.2, -0.15) is 4.98 Å². The van der Waals surface area contributed by atoms with Crippen molar-refractivity contribution in [2.75, 3.05) is 0 Å². The number of hydrogen-bond donors (Lipinski definition) is 0. The first-order valence-corrected chi connectivity index (χ1v) is 7.72. The lowest BCUT2D eigenvalue weighted by Gasteiger charge is -2.01. The summed E-state index contributed by atoms with van der Waals surface area (Å²) in [4.78, 5) is 21.3. The van der Waals surface area contributed by atoms with Gasteiger partial charge in [-0.3, -0.25) is 4.79 Å². The number of benzene rings is 2. The predicted octanol–water partition coefficient (Wildman–Crippen LogP) is 4.77. The van der Waals surface area contributed by atoms with Gasteiger partial charge < -0.3 is 4.42 Å². The van der Waals surface area contributed by atoms with Gasteiger partial charge in [0, 0.05) is 11.8 Å². The lowest BCUT2D eigenvalue weighted by molar-refractivity contribution is 0.103. The molecule has 0 radical (unpaired) electrons. The maximum Gasteiger partial charge on any atom is 0.230 e. The highest BCUT2D eigenvalue weighted by Crippen LogP contribution is 2.30. The fourth-order valence-corrected chi connectivity index (χ4v) is 2.72. The van der Waals surface area contributed by atoms with Gasteiger partial charge in [-0.1, -0.05) is 54.1 Å². The molecule has 2 aromatic heterocycles. The molecule has 4 aromatic rings. The minimum Gasteiger partial charge on any atom is -0.433 e. The van der Waals surface area contributed by atoms with Gasteiger partial charge in [0.25, 0.3) is 0 Å². The predicted molar refractivity (Wildman–Crippen MR) is 92.1 cm³/mol. The molecule has 0 bridgehead atoms. The molecule has 4 rings (SSSR count). The van der Waals surface area contributed by atoms with Crippen molar-refractivity contribution in [1.29, 1.82) is 0 Å². The maximum absolute atomic E-state index is 12.7. The van der Waals surface area contributed by atoms with Crippen LogP contribution >= 0.6 is 11.6 Å². The molecule has 116 valence electrons. The van der Waals surface area contributed by atoms with Crippen LogP contribution in [0.5, 0.6) is 0 Å². The molecule has 5 heteroatoms. The van der Waals surface area contributed by atoms with Gasteiger partial charge in [0.05, 0.1) is 16.1 Å². The van der Waals surface area contributed by atoms with Crippen LogP contribution in [0.1, 0.15) is 15.9 Å². The van der Waals surface area contributed by atoms with E-state index in [1.165, 1.54) is 0 Å². The van der Waals surface area contributed by atoms with Gasteiger partial charge >= 0.3 is 0 Å². The number of pyridine rings is 1. The van der Waals surface area contributed by atoms with Crippen molar-refractivity contribution in [3.05, 3.63) is 83.0 Å². The number of oxazole rings is 1. The second-order valence-corrected chi connectivity index (χ2v) is 5.61. The van der Waals surface area contributed by atoms with E-state index in [2.05, 4.69) is 9.97 Å². The summed E-state index contributed by atoms with van der Waals surface area (Å²) < 4.78 is 5.83. The van der Waals surface area contributed by atoms with E-state index < -0.39 is 0 Å². The van der Waals surface area contributed by atoms with E-state index in [0.29, 0.717) is 38.8 Å². The van der Waals surface area contributed by atoms with Crippen LogP contribution in [0.3, 0.4) is 0 Å². The Labute approximate surface area is 142 Å². The standard InChI is InChI=1S/C19H11ClN2O2/c20-15-9-5-4-8-13(15)19-22-18-17(24-19)14(10-11-21-18)16(23)12-6-2-1-3-7-12/h1-11H. The highest BCUT2D eigenvalue weighted by Gasteiger charge is 2.19. The molecular weight excluding hydrogens is 324 g/mol. The molecule has 0 aliphatic carbocycles. The van der Waals surface area contributed by atoms with E-state index in [0.717, 1.165) is 0 Å². The summed E-state index contributed by atoms with van der Waals surface area (Å²) in [6.07, 6.45) is 1.55. The first kappa shape index (κ1) is 14.6. The van der Waals surface area contributed by atoms with E-state index in [9.17, 15) is 4.79 Å². The van der Waals surface area contributed by atoms with Crippen molar-refractivity contribution in [3.63, 3.8) is 0 Å². The van der Waals surface area contributed by atoms with E-state index in [1.807, 2.05) is 36.4 Å². The Morgan fingerprint density at radius 2 is 1.71 bits per heavy atom. The number of fused-ring (bicyclic) bond motifs is 1. The largest absolute Gasteiger partial charge is 0.433 e. The fourth-order valence-electron chi connectivity index (χ4n) is 2.51. The summed E-state index contributed by atoms with van der Waals surface area (Å²) in [5, 5.41) is 0.528. The van der Waals surface area contributed by atoms with Crippen molar-refractivity contribution < 1.29 is 9.21 Å². The molecule has 2 aromatic carbocycles. The third-order valence-electron chi connectivity index (χ3n) is 3.68. The summed E-state index contributed by atoms with van der Waals surface area (Å²) in [6, 6.07) is 17.9. The summed E-state index contributed by atoms with van der Waals surface area (Å²) in [5.74, 6) is 0.210. The van der Waals surface area contributed by atoms with Crippen molar-refractivity contribution in [2.45, 2.75) is 0 Å². The lowest BCUT2D eigenvalue weighted by Crippen LogP contribution is -2.01. The SMILES string of the molecule is O=C(c1ccccc1)c1ccnc2nc(-c3ccccc3Cl)oc12. The van der Waals surface area contributed by atoms with Gasteiger partial charge in [-0.05, 0) is 18.2 Å². The van der Waals surface area contributed by atoms with Crippen LogP contribution in [-0.2, 0) is 0 Å². The summed E-state index contributed by atoms with van der Waals surface area (Å²) in [5.41, 5.74) is 2.42. The smallest absolute Gasteiger partial charge is 0.230 e. The third kappa shape index (κ3) is 2.47. The Morgan fingerprint density at radius 1 is 0.958 bits per heavy atom. The number of hydrogen-bond acceptors (Lipinski definition) is 4. The number of nitrogens with zero attached hydrogens (tertiary/aromatic N) is 2. The summed E-state index contributed by atoms with van der Waals surface area (Å²) in [7, 11) is 0. The highest BCUT2D eigenvalue weighted by atomic mass is 35.5. The molecule has 0 saturated heterocycles. The van der Waals surface area contributed by atoms with Crippen molar-refractivity contribution >= 4 is 28.6 Å². The topological polar surface area (TPSA) is 56.0 Å². The normalized spacial score (nSPS) is 10.9. The molecule has 0 amide bonds. The lowest BCUT2D eigenvalue weighted by atomic mass is 10.0. The maximum atomic E-state index is 12.7. The molecular formula is C19H11ClN2O2. The van der Waals surface area contributed by atoms with Crippen molar-refractivity contribution in [3.8, 4) is 11.5 Å². The molecule has 0 spiro atoms. The third-order valence-corrected chi connectivity index (χ3v) is 4.01. The summed E-state index contributed by atoms with van der Waals surface area (Å²) in [6.45, 7) is 0. The zero-order valence-electron chi connectivity index (χ0n) is 12.4. The first-order chi connectivity index (χ1) is 11.7. The molecule has 0 fully saturated rings. The first-order valence-electron chi connectivity index (χ1n) is 7.34. The van der Waals surface area contributed by atoms with Crippen molar-refractivity contribution in [1.82, 2.24) is 9.97 Å². The van der Waals surface area contributed by atoms with Crippen LogP contribution in [0.2, 0.25) is 5.02 Å². The Hall–Kier alpha value is -2.98. The average molecular weight is 335 g/mol. The van der Waals surface area contributed by atoms with E-state index in [1.54, 1.807) is 30.5 Å². The highest BCUT2D eigenvalue weighted by molar-refractivity contribution is 6.33. The van der Waals surface area contributed by atoms with Crippen LogP contribution < -0.4 is 0 Å². The minimum absolute atomic E-state index is 0.134. The quantitative estimate of drug-likeness (QED) is 0.506. The number of carbonyl (C=O) groups excluding carboxylic acids is 1. The Kier molecular flexibility index (Phi) is 3.59. The van der Waals surface area contributed by atoms with Crippen LogP contribution in [0.25, 0.3) is 22.7 Å². The van der Waals surface area contributed by atoms with Crippen LogP contribution in [0.4, 0.5) is 0 Å². The Balaban J connectivity index is 1.87. The molecule has 0 atom stereocenters. The number of carbonyl (C=O) groups is 1. The number of ketones is 1. The van der Waals surface area contributed by atoms with Gasteiger partial charge in [0.15, 0.2) is 17.0 Å². The van der Waals surface area contributed by atoms with E-state index in [-0.39, 0.29) is 5.78 Å². The summed E-state index contributed by atoms with van der Waals surface area (Å²) >= 11 is 6.20. The van der Waals surface area contributed by atoms with Gasteiger partial charge in [-0.25, -0.2) is 4.98 Å². The number of aromatic nitrogens is 2. The number of rotatable bonds is 3.